The quantitative estimate of drug-likeness (QED) is 0.876. The molecular formula is C13H19N5O2S. The highest BCUT2D eigenvalue weighted by atomic mass is 32.2. The molecule has 2 aliphatic heterocycles. The zero-order valence-electron chi connectivity index (χ0n) is 12.0. The van der Waals surface area contributed by atoms with Crippen molar-refractivity contribution in [2.45, 2.75) is 38.8 Å². The van der Waals surface area contributed by atoms with Crippen LogP contribution in [0.4, 0.5) is 4.79 Å². The molecule has 1 saturated heterocycles. The molecule has 1 fully saturated rings. The van der Waals surface area contributed by atoms with Crippen molar-refractivity contribution in [1.82, 2.24) is 25.0 Å². The summed E-state index contributed by atoms with van der Waals surface area (Å²) < 4.78 is 2.09. The largest absolute Gasteiger partial charge is 0.346 e. The molecule has 0 unspecified atom stereocenters. The van der Waals surface area contributed by atoms with Crippen molar-refractivity contribution in [3.8, 4) is 0 Å². The second-order valence-electron chi connectivity index (χ2n) is 5.37. The molecular weight excluding hydrogens is 290 g/mol. The van der Waals surface area contributed by atoms with Crippen LogP contribution in [0.1, 0.15) is 37.5 Å². The van der Waals surface area contributed by atoms with Gasteiger partial charge in [0.15, 0.2) is 5.82 Å². The van der Waals surface area contributed by atoms with Crippen LogP contribution in [-0.2, 0) is 17.8 Å². The van der Waals surface area contributed by atoms with E-state index in [-0.39, 0.29) is 17.2 Å². The molecule has 21 heavy (non-hydrogen) atoms. The minimum atomic E-state index is -0.152. The molecule has 0 aromatic carbocycles. The Kier molecular flexibility index (Phi) is 4.14. The van der Waals surface area contributed by atoms with Gasteiger partial charge in [-0.25, -0.2) is 0 Å². The Morgan fingerprint density at radius 3 is 3.05 bits per heavy atom. The fraction of sp³-hybridized carbons (Fsp3) is 0.692. The minimum Gasteiger partial charge on any atom is -0.346 e. The summed E-state index contributed by atoms with van der Waals surface area (Å²) in [4.78, 5) is 25.2. The number of carbonyl (C=O) groups excluding carboxylic acids is 2. The van der Waals surface area contributed by atoms with E-state index in [9.17, 15) is 9.59 Å². The van der Waals surface area contributed by atoms with Gasteiger partial charge in [-0.15, -0.1) is 10.2 Å². The lowest BCUT2D eigenvalue weighted by Crippen LogP contribution is -2.33. The highest BCUT2D eigenvalue weighted by Gasteiger charge is 2.24. The standard InChI is InChI=1S/C13H19N5O2S/c1-9(12-16-15-10-3-2-5-18(10)12)14-11(19)4-6-17-7-8-21-13(17)20/h9H,2-8H2,1H3,(H,14,19)/t9-/m0/s1. The molecule has 3 heterocycles. The van der Waals surface area contributed by atoms with Crippen LogP contribution < -0.4 is 5.32 Å². The monoisotopic (exact) mass is 309 g/mol. The second-order valence-corrected chi connectivity index (χ2v) is 6.42. The SMILES string of the molecule is C[C@H](NC(=O)CCN1CCSC1=O)c1nnc2n1CCC2. The summed E-state index contributed by atoms with van der Waals surface area (Å²) in [6, 6.07) is -0.152. The number of amides is 2. The van der Waals surface area contributed by atoms with Gasteiger partial charge in [-0.3, -0.25) is 9.59 Å². The zero-order chi connectivity index (χ0) is 14.8. The van der Waals surface area contributed by atoms with E-state index in [0.717, 1.165) is 43.3 Å². The lowest BCUT2D eigenvalue weighted by molar-refractivity contribution is -0.121. The number of aromatic nitrogens is 3. The van der Waals surface area contributed by atoms with Crippen molar-refractivity contribution >= 4 is 22.9 Å². The normalized spacial score (nSPS) is 18.9. The molecule has 1 aromatic heterocycles. The predicted molar refractivity (Wildman–Crippen MR) is 78.9 cm³/mol. The van der Waals surface area contributed by atoms with Crippen LogP contribution in [0.5, 0.6) is 0 Å². The summed E-state index contributed by atoms with van der Waals surface area (Å²) in [5.74, 6) is 2.60. The first-order valence-corrected chi connectivity index (χ1v) is 8.27. The van der Waals surface area contributed by atoms with Gasteiger partial charge in [-0.1, -0.05) is 11.8 Å². The third kappa shape index (κ3) is 3.04. The van der Waals surface area contributed by atoms with Crippen LogP contribution in [0.2, 0.25) is 0 Å². The topological polar surface area (TPSA) is 80.1 Å². The molecule has 8 heteroatoms. The van der Waals surface area contributed by atoms with E-state index < -0.39 is 0 Å². The molecule has 114 valence electrons. The maximum Gasteiger partial charge on any atom is 0.281 e. The fourth-order valence-electron chi connectivity index (χ4n) is 2.74. The Morgan fingerprint density at radius 1 is 1.43 bits per heavy atom. The third-order valence-electron chi connectivity index (χ3n) is 3.86. The van der Waals surface area contributed by atoms with Gasteiger partial charge in [0.25, 0.3) is 5.24 Å². The molecule has 0 aliphatic carbocycles. The van der Waals surface area contributed by atoms with E-state index in [1.165, 1.54) is 11.8 Å². The molecule has 0 saturated carbocycles. The number of thioether (sulfide) groups is 1. The molecule has 2 amide bonds. The summed E-state index contributed by atoms with van der Waals surface area (Å²) in [6.07, 6.45) is 2.38. The maximum absolute atomic E-state index is 12.0. The average Bonchev–Trinajstić information content (AvgIpc) is 3.12. The van der Waals surface area contributed by atoms with Crippen LogP contribution in [0.3, 0.4) is 0 Å². The molecule has 0 spiro atoms. The van der Waals surface area contributed by atoms with Crippen molar-refractivity contribution in [2.75, 3.05) is 18.8 Å². The summed E-state index contributed by atoms with van der Waals surface area (Å²) in [5.41, 5.74) is 0. The van der Waals surface area contributed by atoms with Gasteiger partial charge < -0.3 is 14.8 Å². The van der Waals surface area contributed by atoms with Gasteiger partial charge in [-0.2, -0.15) is 0 Å². The first-order chi connectivity index (χ1) is 10.1. The van der Waals surface area contributed by atoms with E-state index in [0.29, 0.717) is 13.0 Å². The van der Waals surface area contributed by atoms with Crippen LogP contribution in [-0.4, -0.2) is 49.7 Å². The van der Waals surface area contributed by atoms with Crippen molar-refractivity contribution in [3.05, 3.63) is 11.6 Å². The zero-order valence-corrected chi connectivity index (χ0v) is 12.9. The molecule has 1 N–H and O–H groups in total. The summed E-state index contributed by atoms with van der Waals surface area (Å²) in [7, 11) is 0. The van der Waals surface area contributed by atoms with Gasteiger partial charge >= 0.3 is 0 Å². The van der Waals surface area contributed by atoms with Crippen LogP contribution in [0.15, 0.2) is 0 Å². The Labute approximate surface area is 127 Å². The van der Waals surface area contributed by atoms with Crippen molar-refractivity contribution in [1.29, 1.82) is 0 Å². The number of aryl methyl sites for hydroxylation is 1. The number of hydrogen-bond donors (Lipinski definition) is 1. The summed E-state index contributed by atoms with van der Waals surface area (Å²) >= 11 is 1.32. The van der Waals surface area contributed by atoms with Crippen LogP contribution in [0.25, 0.3) is 0 Å². The summed E-state index contributed by atoms with van der Waals surface area (Å²) in [5, 5.41) is 11.3. The van der Waals surface area contributed by atoms with E-state index >= 15 is 0 Å². The molecule has 0 bridgehead atoms. The highest BCUT2D eigenvalue weighted by molar-refractivity contribution is 8.13. The predicted octanol–water partition coefficient (Wildman–Crippen LogP) is 0.960. The van der Waals surface area contributed by atoms with E-state index in [1.807, 2.05) is 6.92 Å². The van der Waals surface area contributed by atoms with Gasteiger partial charge in [0.1, 0.15) is 5.82 Å². The Bertz CT molecular complexity index is 559. The Balaban J connectivity index is 1.51. The molecule has 1 aromatic rings. The first kappa shape index (κ1) is 14.4. The average molecular weight is 309 g/mol. The number of hydrogen-bond acceptors (Lipinski definition) is 5. The molecule has 0 radical (unpaired) electrons. The Morgan fingerprint density at radius 2 is 2.29 bits per heavy atom. The third-order valence-corrected chi connectivity index (χ3v) is 4.75. The van der Waals surface area contributed by atoms with Gasteiger partial charge in [0.05, 0.1) is 6.04 Å². The number of rotatable bonds is 5. The fourth-order valence-corrected chi connectivity index (χ4v) is 3.59. The smallest absolute Gasteiger partial charge is 0.281 e. The second kappa shape index (κ2) is 6.05. The van der Waals surface area contributed by atoms with E-state index in [2.05, 4.69) is 20.1 Å². The number of carbonyl (C=O) groups is 2. The van der Waals surface area contributed by atoms with Crippen LogP contribution in [0, 0.1) is 0 Å². The number of nitrogens with zero attached hydrogens (tertiary/aromatic N) is 4. The van der Waals surface area contributed by atoms with Gasteiger partial charge in [0.2, 0.25) is 5.91 Å². The molecule has 7 nitrogen and oxygen atoms in total. The lowest BCUT2D eigenvalue weighted by Gasteiger charge is -2.16. The minimum absolute atomic E-state index is 0.0532. The van der Waals surface area contributed by atoms with Crippen LogP contribution >= 0.6 is 11.8 Å². The summed E-state index contributed by atoms with van der Waals surface area (Å²) in [6.45, 7) is 4.08. The molecule has 1 atom stereocenters. The van der Waals surface area contributed by atoms with Gasteiger partial charge in [0, 0.05) is 38.2 Å². The maximum atomic E-state index is 12.0. The Hall–Kier alpha value is -1.57. The van der Waals surface area contributed by atoms with Gasteiger partial charge in [-0.05, 0) is 13.3 Å². The lowest BCUT2D eigenvalue weighted by atomic mass is 10.3. The van der Waals surface area contributed by atoms with E-state index in [1.54, 1.807) is 4.90 Å². The van der Waals surface area contributed by atoms with Crippen molar-refractivity contribution < 1.29 is 9.59 Å². The number of nitrogens with one attached hydrogen (secondary N) is 1. The number of fused-ring (bicyclic) bond motifs is 1. The highest BCUT2D eigenvalue weighted by Crippen LogP contribution is 2.19. The molecule has 2 aliphatic rings. The molecule has 3 rings (SSSR count). The first-order valence-electron chi connectivity index (χ1n) is 7.28. The van der Waals surface area contributed by atoms with E-state index in [4.69, 9.17) is 0 Å². The van der Waals surface area contributed by atoms with Crippen molar-refractivity contribution in [3.63, 3.8) is 0 Å². The van der Waals surface area contributed by atoms with Crippen molar-refractivity contribution in [2.24, 2.45) is 0 Å².